The molecule has 0 aliphatic carbocycles. The number of amides is 3. The Kier molecular flexibility index (Phi) is 2.37. The molecule has 0 spiro atoms. The molecule has 1 saturated heterocycles. The van der Waals surface area contributed by atoms with Gasteiger partial charge in [0.1, 0.15) is 0 Å². The lowest BCUT2D eigenvalue weighted by Gasteiger charge is -2.40. The molecule has 1 fully saturated rings. The van der Waals surface area contributed by atoms with Gasteiger partial charge < -0.3 is 0 Å². The molecule has 84 valence electrons. The zero-order valence-corrected chi connectivity index (χ0v) is 8.51. The molecule has 6 heteroatoms. The summed E-state index contributed by atoms with van der Waals surface area (Å²) in [6.07, 6.45) is -0.131. The largest absolute Gasteiger partial charge is 0.331 e. The molecule has 5 N–H and O–H groups in total. The van der Waals surface area contributed by atoms with E-state index < -0.39 is 17.7 Å². The Labute approximate surface area is 92.2 Å². The fourth-order valence-corrected chi connectivity index (χ4v) is 1.68. The molecule has 0 bridgehead atoms. The highest BCUT2D eigenvalue weighted by Crippen LogP contribution is 2.22. The van der Waals surface area contributed by atoms with E-state index in [2.05, 4.69) is 5.32 Å². The molecule has 16 heavy (non-hydrogen) atoms. The molecule has 1 aliphatic rings. The highest BCUT2D eigenvalue weighted by molar-refractivity contribution is 6.06. The van der Waals surface area contributed by atoms with Crippen LogP contribution in [0.1, 0.15) is 6.42 Å². The number of para-hydroxylation sites is 1. The third-order valence-corrected chi connectivity index (χ3v) is 2.32. The van der Waals surface area contributed by atoms with Gasteiger partial charge in [0, 0.05) is 5.69 Å². The number of nitrogens with one attached hydrogen (secondary N) is 1. The molecule has 1 aromatic rings. The van der Waals surface area contributed by atoms with Crippen molar-refractivity contribution in [3.05, 3.63) is 30.3 Å². The third kappa shape index (κ3) is 1.75. The zero-order valence-electron chi connectivity index (χ0n) is 8.51. The summed E-state index contributed by atoms with van der Waals surface area (Å²) in [6, 6.07) is 8.12. The SMILES string of the molecule is NC1(N)CC(=O)NC(=O)N1c1ccccc1. The number of nitrogens with zero attached hydrogens (tertiary/aromatic N) is 1. The number of hydrogen-bond acceptors (Lipinski definition) is 4. The summed E-state index contributed by atoms with van der Waals surface area (Å²) in [5.74, 6) is -1.96. The first-order valence-electron chi connectivity index (χ1n) is 4.77. The molecule has 6 nitrogen and oxygen atoms in total. The van der Waals surface area contributed by atoms with Gasteiger partial charge in [0.15, 0.2) is 5.79 Å². The second-order valence-corrected chi connectivity index (χ2v) is 3.69. The average Bonchev–Trinajstić information content (AvgIpc) is 2.15. The monoisotopic (exact) mass is 220 g/mol. The first-order valence-corrected chi connectivity index (χ1v) is 4.77. The van der Waals surface area contributed by atoms with Crippen LogP contribution in [0.15, 0.2) is 30.3 Å². The molecule has 3 amide bonds. The maximum atomic E-state index is 11.7. The number of nitrogens with two attached hydrogens (primary N) is 2. The molecular weight excluding hydrogens is 208 g/mol. The van der Waals surface area contributed by atoms with Gasteiger partial charge in [-0.1, -0.05) is 18.2 Å². The summed E-state index contributed by atoms with van der Waals surface area (Å²) in [7, 11) is 0. The van der Waals surface area contributed by atoms with Gasteiger partial charge in [0.25, 0.3) is 0 Å². The number of hydrogen-bond donors (Lipinski definition) is 3. The van der Waals surface area contributed by atoms with Crippen LogP contribution in [-0.2, 0) is 4.79 Å². The fourth-order valence-electron chi connectivity index (χ4n) is 1.68. The van der Waals surface area contributed by atoms with Crippen LogP contribution in [0.4, 0.5) is 10.5 Å². The van der Waals surface area contributed by atoms with E-state index in [0.717, 1.165) is 0 Å². The Balaban J connectivity index is 2.39. The molecule has 0 radical (unpaired) electrons. The standard InChI is InChI=1S/C10H12N4O2/c11-10(12)6-8(15)13-9(16)14(10)7-4-2-1-3-5-7/h1-5H,6,11-12H2,(H,13,15,16). The van der Waals surface area contributed by atoms with E-state index in [0.29, 0.717) is 5.69 Å². The number of carbonyl (C=O) groups is 2. The number of imide groups is 1. The smallest absolute Gasteiger partial charge is 0.295 e. The highest BCUT2D eigenvalue weighted by atomic mass is 16.2. The van der Waals surface area contributed by atoms with Crippen LogP contribution < -0.4 is 21.7 Å². The lowest BCUT2D eigenvalue weighted by atomic mass is 10.1. The van der Waals surface area contributed by atoms with Crippen molar-refractivity contribution in [1.29, 1.82) is 0 Å². The van der Waals surface area contributed by atoms with Crippen molar-refractivity contribution in [2.45, 2.75) is 12.2 Å². The predicted octanol–water partition coefficient (Wildman–Crippen LogP) is -0.296. The second kappa shape index (κ2) is 3.58. The molecule has 0 atom stereocenters. The Morgan fingerprint density at radius 2 is 1.81 bits per heavy atom. The summed E-state index contributed by atoms with van der Waals surface area (Å²) in [5.41, 5.74) is 12.1. The van der Waals surface area contributed by atoms with Crippen LogP contribution in [0.25, 0.3) is 0 Å². The Hall–Kier alpha value is -1.92. The minimum Gasteiger partial charge on any atom is -0.295 e. The number of anilines is 1. The molecule has 0 saturated carbocycles. The van der Waals surface area contributed by atoms with E-state index in [1.165, 1.54) is 4.90 Å². The second-order valence-electron chi connectivity index (χ2n) is 3.69. The van der Waals surface area contributed by atoms with E-state index in [1.807, 2.05) is 6.07 Å². The number of carbonyl (C=O) groups excluding carboxylic acids is 2. The van der Waals surface area contributed by atoms with Crippen molar-refractivity contribution in [2.24, 2.45) is 11.5 Å². The minimum absolute atomic E-state index is 0.131. The summed E-state index contributed by atoms with van der Waals surface area (Å²) in [4.78, 5) is 24.0. The number of urea groups is 1. The topological polar surface area (TPSA) is 101 Å². The van der Waals surface area contributed by atoms with Crippen molar-refractivity contribution in [1.82, 2.24) is 5.32 Å². The molecule has 1 aromatic carbocycles. The molecule has 1 heterocycles. The van der Waals surface area contributed by atoms with Crippen LogP contribution >= 0.6 is 0 Å². The van der Waals surface area contributed by atoms with Crippen molar-refractivity contribution >= 4 is 17.6 Å². The Morgan fingerprint density at radius 3 is 2.38 bits per heavy atom. The average molecular weight is 220 g/mol. The third-order valence-electron chi connectivity index (χ3n) is 2.32. The van der Waals surface area contributed by atoms with Crippen molar-refractivity contribution in [3.63, 3.8) is 0 Å². The highest BCUT2D eigenvalue weighted by Gasteiger charge is 2.40. The molecule has 0 aromatic heterocycles. The number of benzene rings is 1. The minimum atomic E-state index is -1.49. The van der Waals surface area contributed by atoms with Gasteiger partial charge in [-0.2, -0.15) is 0 Å². The molecular formula is C10H12N4O2. The van der Waals surface area contributed by atoms with Gasteiger partial charge in [-0.15, -0.1) is 0 Å². The summed E-state index contributed by atoms with van der Waals surface area (Å²) >= 11 is 0. The molecule has 0 unspecified atom stereocenters. The van der Waals surface area contributed by atoms with Gasteiger partial charge in [0.05, 0.1) is 6.42 Å². The first-order chi connectivity index (χ1) is 7.50. The maximum absolute atomic E-state index is 11.7. The van der Waals surface area contributed by atoms with Gasteiger partial charge in [-0.25, -0.2) is 4.79 Å². The quantitative estimate of drug-likeness (QED) is 0.566. The van der Waals surface area contributed by atoms with Gasteiger partial charge >= 0.3 is 6.03 Å². The van der Waals surface area contributed by atoms with Crippen molar-refractivity contribution < 1.29 is 9.59 Å². The van der Waals surface area contributed by atoms with Crippen molar-refractivity contribution in [3.8, 4) is 0 Å². The van der Waals surface area contributed by atoms with E-state index in [4.69, 9.17) is 11.5 Å². The maximum Gasteiger partial charge on any atom is 0.331 e. The van der Waals surface area contributed by atoms with Crippen molar-refractivity contribution in [2.75, 3.05) is 4.90 Å². The summed E-state index contributed by atoms with van der Waals surface area (Å²) in [6.45, 7) is 0. The van der Waals surface area contributed by atoms with E-state index in [1.54, 1.807) is 24.3 Å². The normalized spacial score (nSPS) is 19.5. The fraction of sp³-hybridized carbons (Fsp3) is 0.200. The van der Waals surface area contributed by atoms with E-state index >= 15 is 0 Å². The van der Waals surface area contributed by atoms with E-state index in [9.17, 15) is 9.59 Å². The van der Waals surface area contributed by atoms with Crippen LogP contribution in [-0.4, -0.2) is 17.7 Å². The Morgan fingerprint density at radius 1 is 1.19 bits per heavy atom. The van der Waals surface area contributed by atoms with E-state index in [-0.39, 0.29) is 6.42 Å². The molecule has 1 aliphatic heterocycles. The number of rotatable bonds is 1. The zero-order chi connectivity index (χ0) is 11.8. The molecule has 2 rings (SSSR count). The Bertz CT molecular complexity index is 430. The van der Waals surface area contributed by atoms with Gasteiger partial charge in [-0.05, 0) is 12.1 Å². The predicted molar refractivity (Wildman–Crippen MR) is 58.2 cm³/mol. The van der Waals surface area contributed by atoms with Crippen LogP contribution in [0.2, 0.25) is 0 Å². The lowest BCUT2D eigenvalue weighted by molar-refractivity contribution is -0.121. The van der Waals surface area contributed by atoms with Crippen LogP contribution in [0.3, 0.4) is 0 Å². The van der Waals surface area contributed by atoms with Gasteiger partial charge in [0.2, 0.25) is 5.91 Å². The summed E-state index contributed by atoms with van der Waals surface area (Å²) in [5, 5.41) is 2.17. The first kappa shape index (κ1) is 10.6. The summed E-state index contributed by atoms with van der Waals surface area (Å²) < 4.78 is 0. The van der Waals surface area contributed by atoms with Crippen LogP contribution in [0, 0.1) is 0 Å². The van der Waals surface area contributed by atoms with Gasteiger partial charge in [-0.3, -0.25) is 26.5 Å². The van der Waals surface area contributed by atoms with Crippen LogP contribution in [0.5, 0.6) is 0 Å². The lowest BCUT2D eigenvalue weighted by Crippen LogP contribution is -2.72.